The van der Waals surface area contributed by atoms with Gasteiger partial charge < -0.3 is 14.7 Å². The van der Waals surface area contributed by atoms with Gasteiger partial charge in [-0.2, -0.15) is 0 Å². The summed E-state index contributed by atoms with van der Waals surface area (Å²) in [5.74, 6) is 0.573. The highest BCUT2D eigenvalue weighted by Crippen LogP contribution is 2.42. The minimum atomic E-state index is -0.809. The summed E-state index contributed by atoms with van der Waals surface area (Å²) in [7, 11) is 1.54. The molecule has 6 heteroatoms. The van der Waals surface area contributed by atoms with Crippen molar-refractivity contribution in [3.63, 3.8) is 0 Å². The lowest BCUT2D eigenvalue weighted by atomic mass is 9.89. The summed E-state index contributed by atoms with van der Waals surface area (Å²) in [5.41, 5.74) is -0.806. The first kappa shape index (κ1) is 11.2. The lowest BCUT2D eigenvalue weighted by Crippen LogP contribution is -2.43. The predicted molar refractivity (Wildman–Crippen MR) is 62.9 cm³/mol. The summed E-state index contributed by atoms with van der Waals surface area (Å²) in [6.45, 7) is 0. The minimum absolute atomic E-state index is 0.537. The number of aliphatic hydroxyl groups excluding tert-OH is 1. The summed E-state index contributed by atoms with van der Waals surface area (Å²) in [6.07, 6.45) is 3.14. The Labute approximate surface area is 104 Å². The maximum Gasteiger partial charge on any atom is 0.192 e. The fraction of sp³-hybridized carbons (Fsp3) is 0.444. The van der Waals surface area contributed by atoms with Gasteiger partial charge in [0.05, 0.1) is 16.1 Å². The zero-order valence-electron chi connectivity index (χ0n) is 7.91. The van der Waals surface area contributed by atoms with Gasteiger partial charge in [-0.05, 0) is 37.9 Å². The van der Waals surface area contributed by atoms with E-state index in [1.165, 1.54) is 0 Å². The summed E-state index contributed by atoms with van der Waals surface area (Å²) in [5, 5.41) is 13.8. The number of rotatable bonds is 1. The van der Waals surface area contributed by atoms with Crippen LogP contribution in [0, 0.1) is 0 Å². The summed E-state index contributed by atoms with van der Waals surface area (Å²) in [6, 6.07) is 0. The van der Waals surface area contributed by atoms with Gasteiger partial charge in [-0.3, -0.25) is 0 Å². The third-order valence-corrected chi connectivity index (χ3v) is 3.80. The van der Waals surface area contributed by atoms with Crippen molar-refractivity contribution in [2.45, 2.75) is 18.1 Å². The molecule has 1 N–H and O–H groups in total. The van der Waals surface area contributed by atoms with Crippen molar-refractivity contribution in [2.75, 3.05) is 7.11 Å². The second-order valence-electron chi connectivity index (χ2n) is 3.31. The zero-order valence-corrected chi connectivity index (χ0v) is 11.1. The van der Waals surface area contributed by atoms with E-state index in [9.17, 15) is 5.11 Å². The molecule has 0 saturated heterocycles. The van der Waals surface area contributed by atoms with E-state index >= 15 is 0 Å². The molecule has 1 spiro atoms. The number of allylic oxidation sites excluding steroid dienone is 1. The average Bonchev–Trinajstić information content (AvgIpc) is 2.65. The van der Waals surface area contributed by atoms with Crippen LogP contribution in [0.5, 0.6) is 0 Å². The van der Waals surface area contributed by atoms with Crippen molar-refractivity contribution in [2.24, 2.45) is 5.16 Å². The molecule has 0 amide bonds. The Kier molecular flexibility index (Phi) is 2.92. The van der Waals surface area contributed by atoms with Crippen LogP contribution in [0.1, 0.15) is 6.42 Å². The lowest BCUT2D eigenvalue weighted by Gasteiger charge is -2.33. The van der Waals surface area contributed by atoms with E-state index in [0.29, 0.717) is 16.7 Å². The first-order valence-corrected chi connectivity index (χ1v) is 5.90. The third-order valence-electron chi connectivity index (χ3n) is 2.42. The van der Waals surface area contributed by atoms with Crippen LogP contribution in [0.25, 0.3) is 0 Å². The van der Waals surface area contributed by atoms with Gasteiger partial charge in [-0.15, -0.1) is 0 Å². The van der Waals surface area contributed by atoms with Crippen molar-refractivity contribution in [1.29, 1.82) is 0 Å². The van der Waals surface area contributed by atoms with Crippen LogP contribution < -0.4 is 0 Å². The molecule has 1 aliphatic carbocycles. The van der Waals surface area contributed by atoms with E-state index in [2.05, 4.69) is 37.0 Å². The molecule has 0 saturated carbocycles. The van der Waals surface area contributed by atoms with Gasteiger partial charge >= 0.3 is 0 Å². The quantitative estimate of drug-likeness (QED) is 0.796. The second-order valence-corrected chi connectivity index (χ2v) is 5.02. The highest BCUT2D eigenvalue weighted by molar-refractivity contribution is 9.12. The van der Waals surface area contributed by atoms with Crippen LogP contribution in [0.4, 0.5) is 0 Å². The third kappa shape index (κ3) is 1.64. The largest absolute Gasteiger partial charge is 0.495 e. The van der Waals surface area contributed by atoms with Crippen molar-refractivity contribution >= 4 is 38.1 Å². The Hall–Kier alpha value is -0.330. The molecule has 0 radical (unpaired) electrons. The molecule has 0 bridgehead atoms. The molecule has 0 aromatic rings. The van der Waals surface area contributed by atoms with Gasteiger partial charge in [0.25, 0.3) is 0 Å². The monoisotopic (exact) mass is 337 g/mol. The molecule has 1 heterocycles. The second kappa shape index (κ2) is 3.92. The minimum Gasteiger partial charge on any atom is -0.495 e. The van der Waals surface area contributed by atoms with Crippen LogP contribution >= 0.6 is 31.9 Å². The number of nitrogens with zero attached hydrogens (tertiary/aromatic N) is 1. The zero-order chi connectivity index (χ0) is 11.1. The van der Waals surface area contributed by atoms with Gasteiger partial charge in [0, 0.05) is 12.6 Å². The first-order chi connectivity index (χ1) is 7.10. The molecule has 1 aliphatic heterocycles. The molecule has 0 unspecified atom stereocenters. The van der Waals surface area contributed by atoms with Crippen molar-refractivity contribution < 1.29 is 14.7 Å². The Bertz CT molecular complexity index is 368. The Morgan fingerprint density at radius 1 is 1.67 bits per heavy atom. The Morgan fingerprint density at radius 2 is 2.40 bits per heavy atom. The number of halogens is 2. The SMILES string of the molecule is COC1=C(Br)[C@@H](O)[C@@]2(C=C1Br)CC=NO2. The lowest BCUT2D eigenvalue weighted by molar-refractivity contribution is -0.0570. The summed E-state index contributed by atoms with van der Waals surface area (Å²) in [4.78, 5) is 5.22. The number of ether oxygens (including phenoxy) is 1. The summed E-state index contributed by atoms with van der Waals surface area (Å²) >= 11 is 6.67. The van der Waals surface area contributed by atoms with Crippen LogP contribution in [0.2, 0.25) is 0 Å². The van der Waals surface area contributed by atoms with Gasteiger partial charge in [-0.25, -0.2) is 0 Å². The molecular formula is C9H9Br2NO3. The van der Waals surface area contributed by atoms with Crippen molar-refractivity contribution in [3.8, 4) is 0 Å². The smallest absolute Gasteiger partial charge is 0.192 e. The van der Waals surface area contributed by atoms with E-state index in [4.69, 9.17) is 9.57 Å². The van der Waals surface area contributed by atoms with E-state index in [1.807, 2.05) is 0 Å². The van der Waals surface area contributed by atoms with Gasteiger partial charge in [0.15, 0.2) is 5.60 Å². The predicted octanol–water partition coefficient (Wildman–Crippen LogP) is 2.04. The molecule has 0 aromatic carbocycles. The van der Waals surface area contributed by atoms with E-state index in [1.54, 1.807) is 19.4 Å². The number of methoxy groups -OCH3 is 1. The van der Waals surface area contributed by atoms with Crippen molar-refractivity contribution in [3.05, 3.63) is 20.8 Å². The highest BCUT2D eigenvalue weighted by atomic mass is 79.9. The van der Waals surface area contributed by atoms with E-state index in [-0.39, 0.29) is 0 Å². The maximum atomic E-state index is 10.1. The van der Waals surface area contributed by atoms with Crippen LogP contribution in [-0.4, -0.2) is 30.1 Å². The molecule has 82 valence electrons. The molecule has 15 heavy (non-hydrogen) atoms. The van der Waals surface area contributed by atoms with Crippen LogP contribution in [0.15, 0.2) is 26.0 Å². The van der Waals surface area contributed by atoms with Gasteiger partial charge in [0.1, 0.15) is 11.9 Å². The van der Waals surface area contributed by atoms with E-state index < -0.39 is 11.7 Å². The molecule has 2 aliphatic rings. The topological polar surface area (TPSA) is 51.0 Å². The fourth-order valence-electron chi connectivity index (χ4n) is 1.61. The normalized spacial score (nSPS) is 34.4. The maximum absolute atomic E-state index is 10.1. The van der Waals surface area contributed by atoms with Gasteiger partial charge in [0.2, 0.25) is 0 Å². The van der Waals surface area contributed by atoms with Crippen LogP contribution in [0.3, 0.4) is 0 Å². The average molecular weight is 339 g/mol. The number of oxime groups is 1. The number of aliphatic hydroxyl groups is 1. The molecule has 2 rings (SSSR count). The molecule has 0 fully saturated rings. The molecular weight excluding hydrogens is 330 g/mol. The highest BCUT2D eigenvalue weighted by Gasteiger charge is 2.47. The Balaban J connectivity index is 2.40. The standard InChI is InChI=1S/C9H9Br2NO3/c1-14-7-5(10)4-9(2-3-12-15-9)8(13)6(7)11/h3-4,8,13H,2H2,1H3/t8-,9+/m1/s1. The first-order valence-electron chi connectivity index (χ1n) is 4.31. The summed E-state index contributed by atoms with van der Waals surface area (Å²) < 4.78 is 6.45. The van der Waals surface area contributed by atoms with E-state index in [0.717, 1.165) is 4.48 Å². The molecule has 0 aromatic heterocycles. The number of hydrogen-bond donors (Lipinski definition) is 1. The number of hydrogen-bond acceptors (Lipinski definition) is 4. The fourth-order valence-corrected chi connectivity index (χ4v) is 3.40. The molecule has 4 nitrogen and oxygen atoms in total. The Morgan fingerprint density at radius 3 is 2.93 bits per heavy atom. The van der Waals surface area contributed by atoms with Gasteiger partial charge in [-0.1, -0.05) is 5.16 Å². The van der Waals surface area contributed by atoms with Crippen molar-refractivity contribution in [1.82, 2.24) is 0 Å². The molecule has 2 atom stereocenters. The van der Waals surface area contributed by atoms with Crippen LogP contribution in [-0.2, 0) is 9.57 Å².